The average molecular weight is 265 g/mol. The van der Waals surface area contributed by atoms with Crippen molar-refractivity contribution in [1.29, 1.82) is 0 Å². The third-order valence-corrected chi connectivity index (χ3v) is 3.86. The Labute approximate surface area is 119 Å². The van der Waals surface area contributed by atoms with Gasteiger partial charge in [-0.2, -0.15) is 0 Å². The van der Waals surface area contributed by atoms with E-state index in [1.165, 1.54) is 11.1 Å². The van der Waals surface area contributed by atoms with Gasteiger partial charge in [-0.05, 0) is 36.0 Å². The van der Waals surface area contributed by atoms with E-state index in [2.05, 4.69) is 24.3 Å². The third kappa shape index (κ3) is 2.66. The van der Waals surface area contributed by atoms with E-state index in [0.29, 0.717) is 0 Å². The standard InChI is InChI=1S/C18H19NO/c20-13-18(15-8-2-1-3-9-15)19-17-12-6-10-14-7-4-5-11-16(14)17/h1-5,7-9,11,18,20H,6,10,12-13H2/t18-/m1/s1. The first-order chi connectivity index (χ1) is 9.88. The van der Waals surface area contributed by atoms with Gasteiger partial charge in [0.1, 0.15) is 0 Å². The summed E-state index contributed by atoms with van der Waals surface area (Å²) in [5.74, 6) is 0. The lowest BCUT2D eigenvalue weighted by atomic mass is 9.90. The molecule has 20 heavy (non-hydrogen) atoms. The lowest BCUT2D eigenvalue weighted by Gasteiger charge is -2.20. The molecule has 0 radical (unpaired) electrons. The number of aliphatic imine (C=N–C) groups is 1. The Hall–Kier alpha value is -1.93. The molecule has 1 atom stereocenters. The van der Waals surface area contributed by atoms with Gasteiger partial charge in [-0.15, -0.1) is 0 Å². The van der Waals surface area contributed by atoms with Crippen LogP contribution in [-0.2, 0) is 6.42 Å². The molecule has 3 rings (SSSR count). The molecule has 0 saturated heterocycles. The topological polar surface area (TPSA) is 32.6 Å². The summed E-state index contributed by atoms with van der Waals surface area (Å²) in [7, 11) is 0. The van der Waals surface area contributed by atoms with E-state index in [-0.39, 0.29) is 12.6 Å². The molecule has 0 saturated carbocycles. The van der Waals surface area contributed by atoms with E-state index in [1.54, 1.807) is 0 Å². The second-order valence-electron chi connectivity index (χ2n) is 5.20. The molecule has 0 aromatic heterocycles. The molecule has 1 aliphatic rings. The van der Waals surface area contributed by atoms with Gasteiger partial charge in [0.15, 0.2) is 0 Å². The SMILES string of the molecule is OC[C@@H](N=C1CCCc2ccccc21)c1ccccc1. The van der Waals surface area contributed by atoms with E-state index < -0.39 is 0 Å². The predicted molar refractivity (Wildman–Crippen MR) is 82.2 cm³/mol. The fourth-order valence-electron chi connectivity index (χ4n) is 2.82. The highest BCUT2D eigenvalue weighted by atomic mass is 16.3. The quantitative estimate of drug-likeness (QED) is 0.904. The van der Waals surface area contributed by atoms with Gasteiger partial charge in [-0.3, -0.25) is 4.99 Å². The molecule has 102 valence electrons. The largest absolute Gasteiger partial charge is 0.394 e. The fourth-order valence-corrected chi connectivity index (χ4v) is 2.82. The summed E-state index contributed by atoms with van der Waals surface area (Å²) >= 11 is 0. The van der Waals surface area contributed by atoms with Crippen LogP contribution < -0.4 is 0 Å². The number of hydrogen-bond donors (Lipinski definition) is 1. The van der Waals surface area contributed by atoms with Crippen LogP contribution in [0, 0.1) is 0 Å². The Morgan fingerprint density at radius 2 is 1.70 bits per heavy atom. The monoisotopic (exact) mass is 265 g/mol. The van der Waals surface area contributed by atoms with Crippen LogP contribution in [0.25, 0.3) is 0 Å². The van der Waals surface area contributed by atoms with Crippen molar-refractivity contribution in [3.63, 3.8) is 0 Å². The fraction of sp³-hybridized carbons (Fsp3) is 0.278. The Balaban J connectivity index is 1.96. The zero-order valence-electron chi connectivity index (χ0n) is 11.5. The summed E-state index contributed by atoms with van der Waals surface area (Å²) in [6.07, 6.45) is 3.27. The first-order valence-corrected chi connectivity index (χ1v) is 7.19. The van der Waals surface area contributed by atoms with Crippen LogP contribution in [0.5, 0.6) is 0 Å². The highest BCUT2D eigenvalue weighted by molar-refractivity contribution is 6.02. The lowest BCUT2D eigenvalue weighted by Crippen LogP contribution is -2.14. The van der Waals surface area contributed by atoms with Crippen molar-refractivity contribution in [1.82, 2.24) is 0 Å². The third-order valence-electron chi connectivity index (χ3n) is 3.86. The smallest absolute Gasteiger partial charge is 0.0983 e. The minimum Gasteiger partial charge on any atom is -0.394 e. The number of hydrogen-bond acceptors (Lipinski definition) is 2. The van der Waals surface area contributed by atoms with Crippen LogP contribution >= 0.6 is 0 Å². The highest BCUT2D eigenvalue weighted by Crippen LogP contribution is 2.25. The van der Waals surface area contributed by atoms with E-state index >= 15 is 0 Å². The van der Waals surface area contributed by atoms with Crippen molar-refractivity contribution in [3.05, 3.63) is 71.3 Å². The maximum absolute atomic E-state index is 9.65. The Morgan fingerprint density at radius 1 is 0.950 bits per heavy atom. The second-order valence-corrected chi connectivity index (χ2v) is 5.20. The summed E-state index contributed by atoms with van der Waals surface area (Å²) in [4.78, 5) is 4.83. The molecule has 2 nitrogen and oxygen atoms in total. The van der Waals surface area contributed by atoms with Crippen molar-refractivity contribution in [2.24, 2.45) is 4.99 Å². The van der Waals surface area contributed by atoms with Crippen molar-refractivity contribution in [3.8, 4) is 0 Å². The van der Waals surface area contributed by atoms with Crippen LogP contribution in [0.4, 0.5) is 0 Å². The molecule has 0 unspecified atom stereocenters. The number of fused-ring (bicyclic) bond motifs is 1. The van der Waals surface area contributed by atoms with E-state index in [1.807, 2.05) is 30.3 Å². The number of benzene rings is 2. The van der Waals surface area contributed by atoms with Gasteiger partial charge in [0.2, 0.25) is 0 Å². The van der Waals surface area contributed by atoms with Crippen LogP contribution in [0.15, 0.2) is 59.6 Å². The van der Waals surface area contributed by atoms with E-state index in [9.17, 15) is 5.11 Å². The van der Waals surface area contributed by atoms with Crippen molar-refractivity contribution in [2.45, 2.75) is 25.3 Å². The number of rotatable bonds is 3. The first-order valence-electron chi connectivity index (χ1n) is 7.19. The molecule has 1 aliphatic carbocycles. The number of aliphatic hydroxyl groups excluding tert-OH is 1. The summed E-state index contributed by atoms with van der Waals surface area (Å²) in [5, 5.41) is 9.65. The molecule has 0 fully saturated rings. The van der Waals surface area contributed by atoms with Crippen molar-refractivity contribution >= 4 is 5.71 Å². The summed E-state index contributed by atoms with van der Waals surface area (Å²) in [6.45, 7) is 0.0513. The molecule has 0 amide bonds. The molecule has 1 N–H and O–H groups in total. The van der Waals surface area contributed by atoms with Gasteiger partial charge in [0, 0.05) is 5.71 Å². The molecule has 2 aromatic carbocycles. The highest BCUT2D eigenvalue weighted by Gasteiger charge is 2.17. The zero-order chi connectivity index (χ0) is 13.8. The number of aliphatic hydroxyl groups is 1. The molecule has 2 aromatic rings. The van der Waals surface area contributed by atoms with Gasteiger partial charge < -0.3 is 5.11 Å². The average Bonchev–Trinajstić information content (AvgIpc) is 2.53. The van der Waals surface area contributed by atoms with Gasteiger partial charge in [-0.1, -0.05) is 54.6 Å². The maximum Gasteiger partial charge on any atom is 0.0983 e. The predicted octanol–water partition coefficient (Wildman–Crippen LogP) is 3.55. The zero-order valence-corrected chi connectivity index (χ0v) is 11.5. The molecule has 0 bridgehead atoms. The number of nitrogens with zero attached hydrogens (tertiary/aromatic N) is 1. The van der Waals surface area contributed by atoms with Crippen molar-refractivity contribution < 1.29 is 5.11 Å². The minimum absolute atomic E-state index is 0.0513. The Morgan fingerprint density at radius 3 is 2.50 bits per heavy atom. The second kappa shape index (κ2) is 6.02. The van der Waals surface area contributed by atoms with Crippen molar-refractivity contribution in [2.75, 3.05) is 6.61 Å². The van der Waals surface area contributed by atoms with Gasteiger partial charge in [0.25, 0.3) is 0 Å². The van der Waals surface area contributed by atoms with Gasteiger partial charge in [0.05, 0.1) is 12.6 Å². The lowest BCUT2D eigenvalue weighted by molar-refractivity contribution is 0.269. The van der Waals surface area contributed by atoms with E-state index in [4.69, 9.17) is 4.99 Å². The molecule has 0 spiro atoms. The molecule has 2 heteroatoms. The van der Waals surface area contributed by atoms with Crippen LogP contribution in [0.2, 0.25) is 0 Å². The maximum atomic E-state index is 9.65. The Bertz CT molecular complexity index is 604. The van der Waals surface area contributed by atoms with Gasteiger partial charge >= 0.3 is 0 Å². The first kappa shape index (κ1) is 13.1. The molecule has 0 aliphatic heterocycles. The van der Waals surface area contributed by atoms with Crippen LogP contribution in [-0.4, -0.2) is 17.4 Å². The van der Waals surface area contributed by atoms with E-state index in [0.717, 1.165) is 30.5 Å². The summed E-state index contributed by atoms with van der Waals surface area (Å²) in [6, 6.07) is 18.4. The Kier molecular flexibility index (Phi) is 3.93. The van der Waals surface area contributed by atoms with Gasteiger partial charge in [-0.25, -0.2) is 0 Å². The summed E-state index contributed by atoms with van der Waals surface area (Å²) < 4.78 is 0. The minimum atomic E-state index is -0.155. The number of aryl methyl sites for hydroxylation is 1. The van der Waals surface area contributed by atoms with Crippen LogP contribution in [0.3, 0.4) is 0 Å². The van der Waals surface area contributed by atoms with Crippen LogP contribution in [0.1, 0.15) is 35.6 Å². The normalized spacial score (nSPS) is 17.8. The molecular weight excluding hydrogens is 246 g/mol. The summed E-state index contributed by atoms with van der Waals surface area (Å²) in [5.41, 5.74) is 4.84. The molecular formula is C18H19NO. The molecule has 0 heterocycles.